The summed E-state index contributed by atoms with van der Waals surface area (Å²) in [4.78, 5) is 14.6. The summed E-state index contributed by atoms with van der Waals surface area (Å²) in [7, 11) is 3.66. The monoisotopic (exact) mass is 238 g/mol. The van der Waals surface area contributed by atoms with Crippen LogP contribution in [-0.2, 0) is 4.79 Å². The minimum absolute atomic E-state index is 0.131. The number of hydrogen-bond acceptors (Lipinski definition) is 3. The summed E-state index contributed by atoms with van der Waals surface area (Å²) < 4.78 is 0. The van der Waals surface area contributed by atoms with E-state index in [-0.39, 0.29) is 5.91 Å². The first-order chi connectivity index (χ1) is 7.69. The van der Waals surface area contributed by atoms with Gasteiger partial charge in [0.25, 0.3) is 0 Å². The van der Waals surface area contributed by atoms with Gasteiger partial charge in [-0.3, -0.25) is 4.79 Å². The summed E-state index contributed by atoms with van der Waals surface area (Å²) in [5.41, 5.74) is 0.943. The SMILES string of the molecule is CNCCC(=O)N(C)c1ccc(SC)cc1. The Morgan fingerprint density at radius 1 is 1.38 bits per heavy atom. The van der Waals surface area contributed by atoms with Crippen molar-refractivity contribution in [2.75, 3.05) is 31.8 Å². The van der Waals surface area contributed by atoms with Crippen molar-refractivity contribution >= 4 is 23.4 Å². The zero-order valence-electron chi connectivity index (χ0n) is 9.99. The highest BCUT2D eigenvalue weighted by molar-refractivity contribution is 7.98. The molecule has 1 amide bonds. The van der Waals surface area contributed by atoms with Crippen LogP contribution in [0.15, 0.2) is 29.2 Å². The van der Waals surface area contributed by atoms with Crippen LogP contribution in [-0.4, -0.2) is 32.8 Å². The van der Waals surface area contributed by atoms with Gasteiger partial charge >= 0.3 is 0 Å². The lowest BCUT2D eigenvalue weighted by Gasteiger charge is -2.17. The summed E-state index contributed by atoms with van der Waals surface area (Å²) >= 11 is 1.70. The fourth-order valence-electron chi connectivity index (χ4n) is 1.35. The second kappa shape index (κ2) is 6.55. The van der Waals surface area contributed by atoms with Gasteiger partial charge in [-0.1, -0.05) is 0 Å². The van der Waals surface area contributed by atoms with Crippen LogP contribution in [0.4, 0.5) is 5.69 Å². The lowest BCUT2D eigenvalue weighted by Crippen LogP contribution is -2.28. The van der Waals surface area contributed by atoms with E-state index in [4.69, 9.17) is 0 Å². The summed E-state index contributed by atoms with van der Waals surface area (Å²) in [6.07, 6.45) is 2.56. The van der Waals surface area contributed by atoms with E-state index in [0.717, 1.165) is 5.69 Å². The third kappa shape index (κ3) is 3.54. The molecule has 0 aromatic heterocycles. The molecule has 1 rings (SSSR count). The number of amides is 1. The average molecular weight is 238 g/mol. The first-order valence-electron chi connectivity index (χ1n) is 5.24. The summed E-state index contributed by atoms with van der Waals surface area (Å²) in [6.45, 7) is 0.714. The van der Waals surface area contributed by atoms with Crippen LogP contribution in [0, 0.1) is 0 Å². The van der Waals surface area contributed by atoms with Gasteiger partial charge in [0, 0.05) is 30.6 Å². The molecule has 0 saturated carbocycles. The first kappa shape index (κ1) is 13.1. The molecule has 16 heavy (non-hydrogen) atoms. The molecule has 0 radical (unpaired) electrons. The lowest BCUT2D eigenvalue weighted by atomic mass is 10.2. The predicted molar refractivity (Wildman–Crippen MR) is 70.2 cm³/mol. The summed E-state index contributed by atoms with van der Waals surface area (Å²) in [6, 6.07) is 8.01. The maximum absolute atomic E-state index is 11.7. The average Bonchev–Trinajstić information content (AvgIpc) is 2.35. The van der Waals surface area contributed by atoms with Gasteiger partial charge in [-0.2, -0.15) is 0 Å². The molecule has 0 heterocycles. The molecule has 1 aromatic rings. The van der Waals surface area contributed by atoms with E-state index >= 15 is 0 Å². The Balaban J connectivity index is 2.64. The minimum Gasteiger partial charge on any atom is -0.319 e. The zero-order chi connectivity index (χ0) is 12.0. The second-order valence-corrected chi connectivity index (χ2v) is 4.38. The number of carbonyl (C=O) groups excluding carboxylic acids is 1. The number of thioether (sulfide) groups is 1. The third-order valence-electron chi connectivity index (χ3n) is 2.42. The van der Waals surface area contributed by atoms with Gasteiger partial charge in [0.1, 0.15) is 0 Å². The van der Waals surface area contributed by atoms with Crippen molar-refractivity contribution in [1.29, 1.82) is 0 Å². The smallest absolute Gasteiger partial charge is 0.227 e. The van der Waals surface area contributed by atoms with Gasteiger partial charge in [0.15, 0.2) is 0 Å². The van der Waals surface area contributed by atoms with Gasteiger partial charge in [-0.25, -0.2) is 0 Å². The van der Waals surface area contributed by atoms with Gasteiger partial charge in [-0.15, -0.1) is 11.8 Å². The molecule has 1 N–H and O–H groups in total. The summed E-state index contributed by atoms with van der Waals surface area (Å²) in [5.74, 6) is 0.131. The maximum Gasteiger partial charge on any atom is 0.227 e. The molecule has 0 aliphatic heterocycles. The maximum atomic E-state index is 11.7. The quantitative estimate of drug-likeness (QED) is 0.796. The minimum atomic E-state index is 0.131. The Kier molecular flexibility index (Phi) is 5.35. The number of benzene rings is 1. The largest absolute Gasteiger partial charge is 0.319 e. The molecule has 0 spiro atoms. The van der Waals surface area contributed by atoms with Crippen molar-refractivity contribution in [2.45, 2.75) is 11.3 Å². The first-order valence-corrected chi connectivity index (χ1v) is 6.46. The predicted octanol–water partition coefficient (Wildman–Crippen LogP) is 1.98. The Labute approximate surface area is 101 Å². The molecule has 0 aliphatic rings. The van der Waals surface area contributed by atoms with Gasteiger partial charge in [-0.05, 0) is 37.6 Å². The fourth-order valence-corrected chi connectivity index (χ4v) is 1.76. The van der Waals surface area contributed by atoms with Crippen molar-refractivity contribution in [1.82, 2.24) is 5.32 Å². The van der Waals surface area contributed by atoms with Crippen LogP contribution in [0.1, 0.15) is 6.42 Å². The normalized spacial score (nSPS) is 10.2. The fraction of sp³-hybridized carbons (Fsp3) is 0.417. The van der Waals surface area contributed by atoms with Crippen molar-refractivity contribution in [2.24, 2.45) is 0 Å². The Bertz CT molecular complexity index is 337. The van der Waals surface area contributed by atoms with Crippen molar-refractivity contribution in [3.05, 3.63) is 24.3 Å². The van der Waals surface area contributed by atoms with Gasteiger partial charge in [0.2, 0.25) is 5.91 Å². The Morgan fingerprint density at radius 3 is 2.50 bits per heavy atom. The van der Waals surface area contributed by atoms with Crippen molar-refractivity contribution in [3.8, 4) is 0 Å². The second-order valence-electron chi connectivity index (χ2n) is 3.50. The molecule has 0 saturated heterocycles. The van der Waals surface area contributed by atoms with Crippen LogP contribution in [0.25, 0.3) is 0 Å². The van der Waals surface area contributed by atoms with E-state index in [1.165, 1.54) is 4.90 Å². The standard InChI is InChI=1S/C12H18N2OS/c1-13-9-8-12(15)14(2)10-4-6-11(16-3)7-5-10/h4-7,13H,8-9H2,1-3H3. The molecule has 0 unspecified atom stereocenters. The molecule has 0 atom stereocenters. The Morgan fingerprint density at radius 2 is 2.00 bits per heavy atom. The molecule has 1 aromatic carbocycles. The lowest BCUT2D eigenvalue weighted by molar-refractivity contribution is -0.118. The van der Waals surface area contributed by atoms with E-state index in [0.29, 0.717) is 13.0 Å². The topological polar surface area (TPSA) is 32.3 Å². The number of rotatable bonds is 5. The molecule has 0 aliphatic carbocycles. The van der Waals surface area contributed by atoms with Gasteiger partial charge < -0.3 is 10.2 Å². The zero-order valence-corrected chi connectivity index (χ0v) is 10.8. The molecule has 4 heteroatoms. The third-order valence-corrected chi connectivity index (χ3v) is 3.17. The molecular weight excluding hydrogens is 220 g/mol. The molecular formula is C12H18N2OS. The highest BCUT2D eigenvalue weighted by Crippen LogP contribution is 2.19. The van der Waals surface area contributed by atoms with E-state index in [1.54, 1.807) is 16.7 Å². The van der Waals surface area contributed by atoms with Crippen LogP contribution >= 0.6 is 11.8 Å². The molecule has 3 nitrogen and oxygen atoms in total. The number of hydrogen-bond donors (Lipinski definition) is 1. The van der Waals surface area contributed by atoms with Crippen LogP contribution in [0.5, 0.6) is 0 Å². The number of nitrogens with zero attached hydrogens (tertiary/aromatic N) is 1. The van der Waals surface area contributed by atoms with Gasteiger partial charge in [0.05, 0.1) is 0 Å². The number of anilines is 1. The number of carbonyl (C=O) groups is 1. The Hall–Kier alpha value is -1.00. The van der Waals surface area contributed by atoms with Crippen LogP contribution < -0.4 is 10.2 Å². The van der Waals surface area contributed by atoms with E-state index in [9.17, 15) is 4.79 Å². The highest BCUT2D eigenvalue weighted by Gasteiger charge is 2.09. The summed E-state index contributed by atoms with van der Waals surface area (Å²) in [5, 5.41) is 2.97. The van der Waals surface area contributed by atoms with E-state index < -0.39 is 0 Å². The molecule has 0 fully saturated rings. The van der Waals surface area contributed by atoms with Crippen molar-refractivity contribution in [3.63, 3.8) is 0 Å². The van der Waals surface area contributed by atoms with Crippen LogP contribution in [0.3, 0.4) is 0 Å². The van der Waals surface area contributed by atoms with Crippen LogP contribution in [0.2, 0.25) is 0 Å². The molecule has 0 bridgehead atoms. The van der Waals surface area contributed by atoms with E-state index in [2.05, 4.69) is 5.32 Å². The van der Waals surface area contributed by atoms with Crippen molar-refractivity contribution < 1.29 is 4.79 Å². The van der Waals surface area contributed by atoms with E-state index in [1.807, 2.05) is 44.6 Å². The molecule has 88 valence electrons. The highest BCUT2D eigenvalue weighted by atomic mass is 32.2. The number of nitrogens with one attached hydrogen (secondary N) is 1.